The van der Waals surface area contributed by atoms with Gasteiger partial charge in [0.1, 0.15) is 11.5 Å². The lowest BCUT2D eigenvalue weighted by Gasteiger charge is -2.41. The second-order valence-corrected chi connectivity index (χ2v) is 9.38. The van der Waals surface area contributed by atoms with E-state index >= 15 is 0 Å². The van der Waals surface area contributed by atoms with Crippen LogP contribution >= 0.6 is 0 Å². The number of para-hydroxylation sites is 1. The first-order valence-electron chi connectivity index (χ1n) is 10.9. The molecule has 0 aromatic heterocycles. The molecule has 1 aliphatic carbocycles. The molecule has 1 saturated carbocycles. The molecule has 2 aliphatic rings. The summed E-state index contributed by atoms with van der Waals surface area (Å²) in [5.41, 5.74) is 2.69. The van der Waals surface area contributed by atoms with Crippen LogP contribution in [0.25, 0.3) is 0 Å². The first-order valence-corrected chi connectivity index (χ1v) is 10.9. The number of ether oxygens (including phenoxy) is 2. The van der Waals surface area contributed by atoms with E-state index in [0.717, 1.165) is 24.1 Å². The summed E-state index contributed by atoms with van der Waals surface area (Å²) in [6.45, 7) is 12.3. The number of nitrogens with zero attached hydrogens (tertiary/aromatic N) is 1. The van der Waals surface area contributed by atoms with Crippen LogP contribution in [0, 0.1) is 11.3 Å². The third-order valence-corrected chi connectivity index (χ3v) is 5.64. The summed E-state index contributed by atoms with van der Waals surface area (Å²) in [7, 11) is 0. The summed E-state index contributed by atoms with van der Waals surface area (Å²) in [4.78, 5) is 31.2. The zero-order valence-corrected chi connectivity index (χ0v) is 19.0. The lowest BCUT2D eigenvalue weighted by Crippen LogP contribution is -2.44. The molecule has 0 bridgehead atoms. The number of Topliss-reactive ketones (excluding diaryl/α,β-unsaturated/α-hetero) is 1. The number of aliphatic imine (C=N–C) groups is 1. The molecular formula is C25H33NO4. The normalized spacial score (nSPS) is 23.2. The minimum absolute atomic E-state index is 0.0237. The molecule has 5 nitrogen and oxygen atoms in total. The van der Waals surface area contributed by atoms with E-state index in [4.69, 9.17) is 14.5 Å². The van der Waals surface area contributed by atoms with E-state index in [1.54, 1.807) is 0 Å². The highest BCUT2D eigenvalue weighted by Gasteiger charge is 2.48. The molecule has 5 heteroatoms. The van der Waals surface area contributed by atoms with Crippen molar-refractivity contribution in [1.82, 2.24) is 0 Å². The molecule has 0 spiro atoms. The summed E-state index contributed by atoms with van der Waals surface area (Å²) in [5, 5.41) is 0. The van der Waals surface area contributed by atoms with Gasteiger partial charge in [-0.25, -0.2) is 4.79 Å². The molecule has 0 amide bonds. The number of ketones is 1. The maximum absolute atomic E-state index is 13.4. The van der Waals surface area contributed by atoms with Gasteiger partial charge in [0.15, 0.2) is 0 Å². The van der Waals surface area contributed by atoms with Gasteiger partial charge in [-0.3, -0.25) is 9.79 Å². The predicted molar refractivity (Wildman–Crippen MR) is 118 cm³/mol. The van der Waals surface area contributed by atoms with E-state index in [-0.39, 0.29) is 23.3 Å². The Balaban J connectivity index is 2.17. The molecular weight excluding hydrogens is 378 g/mol. The smallest absolute Gasteiger partial charge is 0.336 e. The minimum atomic E-state index is -0.456. The van der Waals surface area contributed by atoms with Crippen LogP contribution in [0.2, 0.25) is 0 Å². The van der Waals surface area contributed by atoms with Crippen molar-refractivity contribution in [3.05, 3.63) is 41.1 Å². The molecule has 162 valence electrons. The van der Waals surface area contributed by atoms with Crippen molar-refractivity contribution in [3.63, 3.8) is 0 Å². The van der Waals surface area contributed by atoms with Gasteiger partial charge < -0.3 is 9.47 Å². The summed E-state index contributed by atoms with van der Waals surface area (Å²) in [6, 6.07) is 7.70. The van der Waals surface area contributed by atoms with Gasteiger partial charge in [-0.2, -0.15) is 0 Å². The van der Waals surface area contributed by atoms with Crippen LogP contribution in [0.5, 0.6) is 5.75 Å². The van der Waals surface area contributed by atoms with Gasteiger partial charge in [0.25, 0.3) is 0 Å². The summed E-state index contributed by atoms with van der Waals surface area (Å²) in [6.07, 6.45) is 1.92. The van der Waals surface area contributed by atoms with Crippen molar-refractivity contribution >= 4 is 17.5 Å². The summed E-state index contributed by atoms with van der Waals surface area (Å²) < 4.78 is 11.6. The van der Waals surface area contributed by atoms with Crippen molar-refractivity contribution in [3.8, 4) is 5.75 Å². The van der Waals surface area contributed by atoms with Crippen molar-refractivity contribution in [2.45, 2.75) is 72.8 Å². The van der Waals surface area contributed by atoms with Gasteiger partial charge in [0, 0.05) is 29.3 Å². The third kappa shape index (κ3) is 4.50. The standard InChI is InChI=1S/C25H33NO4/c1-7-12-29-24(28)21-16(4)26-18-13-25(5,6)14-19(27)23(18)22(21)17-10-8-9-11-20(17)30-15(2)3/h8-11,15,22-23H,7,12-14H2,1-6H3/t22-,23-/m1/s1. The van der Waals surface area contributed by atoms with E-state index in [1.807, 2.05) is 52.0 Å². The minimum Gasteiger partial charge on any atom is -0.491 e. The molecule has 1 aromatic carbocycles. The lowest BCUT2D eigenvalue weighted by molar-refractivity contribution is -0.139. The van der Waals surface area contributed by atoms with Crippen LogP contribution in [0.15, 0.2) is 40.5 Å². The number of allylic oxidation sites excluding steroid dienone is 1. The average molecular weight is 412 g/mol. The van der Waals surface area contributed by atoms with Crippen LogP contribution in [0.1, 0.15) is 72.3 Å². The number of carbonyl (C=O) groups is 2. The second kappa shape index (κ2) is 8.75. The highest BCUT2D eigenvalue weighted by Crippen LogP contribution is 2.48. The molecule has 1 heterocycles. The fraction of sp³-hybridized carbons (Fsp3) is 0.560. The fourth-order valence-corrected chi connectivity index (χ4v) is 4.57. The second-order valence-electron chi connectivity index (χ2n) is 9.38. The molecule has 1 fully saturated rings. The lowest BCUT2D eigenvalue weighted by atomic mass is 9.63. The van der Waals surface area contributed by atoms with Crippen LogP contribution in [0.4, 0.5) is 0 Å². The van der Waals surface area contributed by atoms with Gasteiger partial charge in [-0.15, -0.1) is 0 Å². The Kier molecular flexibility index (Phi) is 6.49. The fourth-order valence-electron chi connectivity index (χ4n) is 4.57. The number of hydrogen-bond donors (Lipinski definition) is 0. The molecule has 0 radical (unpaired) electrons. The van der Waals surface area contributed by atoms with E-state index in [0.29, 0.717) is 30.0 Å². The number of carbonyl (C=O) groups excluding carboxylic acids is 2. The van der Waals surface area contributed by atoms with Gasteiger partial charge in [0.05, 0.1) is 24.2 Å². The van der Waals surface area contributed by atoms with E-state index in [2.05, 4.69) is 13.8 Å². The number of fused-ring (bicyclic) bond motifs is 1. The van der Waals surface area contributed by atoms with E-state index < -0.39 is 11.8 Å². The maximum Gasteiger partial charge on any atom is 0.336 e. The summed E-state index contributed by atoms with van der Waals surface area (Å²) in [5.74, 6) is -0.463. The van der Waals surface area contributed by atoms with Gasteiger partial charge in [-0.05, 0) is 45.1 Å². The summed E-state index contributed by atoms with van der Waals surface area (Å²) >= 11 is 0. The zero-order valence-electron chi connectivity index (χ0n) is 19.0. The monoisotopic (exact) mass is 411 g/mol. The first kappa shape index (κ1) is 22.3. The zero-order chi connectivity index (χ0) is 22.1. The van der Waals surface area contributed by atoms with Gasteiger partial charge in [0.2, 0.25) is 0 Å². The number of rotatable bonds is 6. The third-order valence-electron chi connectivity index (χ3n) is 5.64. The van der Waals surface area contributed by atoms with Crippen LogP contribution in [0.3, 0.4) is 0 Å². The molecule has 0 saturated heterocycles. The highest BCUT2D eigenvalue weighted by atomic mass is 16.5. The molecule has 3 rings (SSSR count). The molecule has 2 atom stereocenters. The Hall–Kier alpha value is -2.43. The van der Waals surface area contributed by atoms with Crippen LogP contribution < -0.4 is 4.74 Å². The van der Waals surface area contributed by atoms with Gasteiger partial charge >= 0.3 is 5.97 Å². The van der Waals surface area contributed by atoms with Crippen LogP contribution in [-0.2, 0) is 14.3 Å². The largest absolute Gasteiger partial charge is 0.491 e. The molecule has 1 aromatic rings. The van der Waals surface area contributed by atoms with Crippen molar-refractivity contribution in [2.24, 2.45) is 16.3 Å². The number of benzene rings is 1. The van der Waals surface area contributed by atoms with Crippen molar-refractivity contribution < 1.29 is 19.1 Å². The number of esters is 1. The topological polar surface area (TPSA) is 65.0 Å². The Morgan fingerprint density at radius 2 is 1.90 bits per heavy atom. The Morgan fingerprint density at radius 3 is 2.57 bits per heavy atom. The average Bonchev–Trinajstić information content (AvgIpc) is 2.64. The van der Waals surface area contributed by atoms with Gasteiger partial charge in [-0.1, -0.05) is 39.0 Å². The SMILES string of the molecule is CCCOC(=O)C1=C(C)N=C2CC(C)(C)CC(=O)[C@@H]2[C@@H]1c1ccccc1OC(C)C. The quantitative estimate of drug-likeness (QED) is 0.600. The predicted octanol–water partition coefficient (Wildman–Crippen LogP) is 5.24. The van der Waals surface area contributed by atoms with Crippen LogP contribution in [-0.4, -0.2) is 30.2 Å². The first-order chi connectivity index (χ1) is 14.1. The Bertz CT molecular complexity index is 894. The molecule has 1 aliphatic heterocycles. The highest BCUT2D eigenvalue weighted by molar-refractivity contribution is 6.12. The molecule has 30 heavy (non-hydrogen) atoms. The molecule has 0 unspecified atom stereocenters. The molecule has 0 N–H and O–H groups in total. The maximum atomic E-state index is 13.4. The van der Waals surface area contributed by atoms with E-state index in [9.17, 15) is 9.59 Å². The Morgan fingerprint density at radius 1 is 1.20 bits per heavy atom. The van der Waals surface area contributed by atoms with Crippen molar-refractivity contribution in [2.75, 3.05) is 6.61 Å². The number of hydrogen-bond acceptors (Lipinski definition) is 5. The van der Waals surface area contributed by atoms with E-state index in [1.165, 1.54) is 0 Å². The Labute approximate surface area is 179 Å². The van der Waals surface area contributed by atoms with Crippen molar-refractivity contribution in [1.29, 1.82) is 0 Å².